The van der Waals surface area contributed by atoms with Crippen LogP contribution in [0, 0.1) is 11.5 Å². The predicted octanol–water partition coefficient (Wildman–Crippen LogP) is 6.49. The molecule has 0 aliphatic heterocycles. The van der Waals surface area contributed by atoms with Crippen molar-refractivity contribution in [2.45, 2.75) is 96.3 Å². The minimum atomic E-state index is -2.37. The van der Waals surface area contributed by atoms with Crippen molar-refractivity contribution in [1.82, 2.24) is 0 Å². The van der Waals surface area contributed by atoms with E-state index in [2.05, 4.69) is 41.3 Å². The molecule has 5 nitrogen and oxygen atoms in total. The van der Waals surface area contributed by atoms with E-state index >= 15 is 0 Å². The summed E-state index contributed by atoms with van der Waals surface area (Å²) in [6, 6.07) is 0.899. The summed E-state index contributed by atoms with van der Waals surface area (Å²) in [5.41, 5.74) is 3.43. The third kappa shape index (κ3) is 18.0. The van der Waals surface area contributed by atoms with E-state index in [0.717, 1.165) is 44.8 Å². The first-order valence-corrected chi connectivity index (χ1v) is 16.8. The lowest BCUT2D eigenvalue weighted by Crippen LogP contribution is -2.42. The molecular formula is C22H46N2O3Si2. The van der Waals surface area contributed by atoms with Gasteiger partial charge < -0.3 is 13.3 Å². The second kappa shape index (κ2) is 18.3. The minimum Gasteiger partial charge on any atom is -0.377 e. The van der Waals surface area contributed by atoms with Gasteiger partial charge in [-0.05, 0) is 25.7 Å². The van der Waals surface area contributed by atoms with Crippen molar-refractivity contribution in [2.75, 3.05) is 34.4 Å². The maximum atomic E-state index is 5.44. The number of azo groups is 1. The van der Waals surface area contributed by atoms with E-state index in [4.69, 9.17) is 13.3 Å². The third-order valence-electron chi connectivity index (χ3n) is 4.80. The van der Waals surface area contributed by atoms with Crippen molar-refractivity contribution < 1.29 is 13.3 Å². The minimum absolute atomic E-state index is 0.874. The van der Waals surface area contributed by atoms with Crippen molar-refractivity contribution in [3.63, 3.8) is 0 Å². The molecule has 0 saturated heterocycles. The van der Waals surface area contributed by atoms with Crippen molar-refractivity contribution in [2.24, 2.45) is 10.2 Å². The zero-order valence-corrected chi connectivity index (χ0v) is 22.0. The van der Waals surface area contributed by atoms with Gasteiger partial charge >= 0.3 is 8.80 Å². The Balaban J connectivity index is 3.39. The van der Waals surface area contributed by atoms with Crippen LogP contribution in [0.3, 0.4) is 0 Å². The van der Waals surface area contributed by atoms with Gasteiger partial charge in [-0.1, -0.05) is 58.2 Å². The van der Waals surface area contributed by atoms with Gasteiger partial charge in [0.25, 0.3) is 0 Å². The summed E-state index contributed by atoms with van der Waals surface area (Å²) in [4.78, 5) is 0. The van der Waals surface area contributed by atoms with Gasteiger partial charge in [-0.25, -0.2) is 0 Å². The molecule has 0 N–H and O–H groups in total. The zero-order valence-electron chi connectivity index (χ0n) is 20.0. The Kier molecular flexibility index (Phi) is 17.9. The van der Waals surface area contributed by atoms with Crippen LogP contribution in [0.2, 0.25) is 25.7 Å². The van der Waals surface area contributed by atoms with Gasteiger partial charge in [0.15, 0.2) is 0 Å². The highest BCUT2D eigenvalue weighted by Gasteiger charge is 2.36. The van der Waals surface area contributed by atoms with Crippen LogP contribution in [-0.4, -0.2) is 51.3 Å². The Hall–Kier alpha value is -0.526. The number of unbranched alkanes of at least 4 members (excludes halogenated alkanes) is 9. The van der Waals surface area contributed by atoms with E-state index in [1.54, 1.807) is 21.3 Å². The largest absolute Gasteiger partial charge is 0.500 e. The highest BCUT2D eigenvalue weighted by atomic mass is 28.4. The molecule has 170 valence electrons. The second-order valence-electron chi connectivity index (χ2n) is 8.61. The van der Waals surface area contributed by atoms with Gasteiger partial charge in [-0.15, -0.1) is 11.5 Å². The van der Waals surface area contributed by atoms with Gasteiger partial charge in [-0.3, -0.25) is 0 Å². The standard InChI is InChI=1S/C22H46N2O3Si2/c1-25-29(26-2,27-3)22-18-14-10-8-12-16-20-24-23-19-15-11-7-9-13-17-21-28(4,5)6/h7-16,18-20,22H2,1-6H3. The molecule has 0 heterocycles. The number of hydrogen-bond donors (Lipinski definition) is 0. The summed E-state index contributed by atoms with van der Waals surface area (Å²) in [7, 11) is 1.50. The first-order valence-electron chi connectivity index (χ1n) is 11.4. The van der Waals surface area contributed by atoms with Crippen LogP contribution in [-0.2, 0) is 13.3 Å². The average Bonchev–Trinajstić information content (AvgIpc) is 2.69. The average molecular weight is 443 g/mol. The second-order valence-corrected chi connectivity index (χ2v) is 16.5. The lowest BCUT2D eigenvalue weighted by molar-refractivity contribution is 0.122. The van der Waals surface area contributed by atoms with E-state index in [9.17, 15) is 0 Å². The van der Waals surface area contributed by atoms with Gasteiger partial charge in [-0.2, -0.15) is 10.2 Å². The molecule has 0 bridgehead atoms. The van der Waals surface area contributed by atoms with Crippen molar-refractivity contribution in [3.05, 3.63) is 0 Å². The number of rotatable bonds is 18. The van der Waals surface area contributed by atoms with Crippen LogP contribution in [0.15, 0.2) is 10.2 Å². The SMILES string of the molecule is CO[Si](CCCCCCCCN=NCCCCCCC#C[Si](C)(C)C)(OC)OC. The molecule has 7 heteroatoms. The maximum Gasteiger partial charge on any atom is 0.500 e. The van der Waals surface area contributed by atoms with Crippen LogP contribution < -0.4 is 0 Å². The fourth-order valence-corrected chi connectivity index (χ4v) is 5.46. The van der Waals surface area contributed by atoms with Gasteiger partial charge in [0, 0.05) is 33.8 Å². The lowest BCUT2D eigenvalue weighted by Gasteiger charge is -2.24. The quantitative estimate of drug-likeness (QED) is 0.105. The van der Waals surface area contributed by atoms with Crippen LogP contribution in [0.1, 0.15) is 70.6 Å². The molecule has 0 spiro atoms. The molecule has 0 rings (SSSR count). The van der Waals surface area contributed by atoms with Crippen LogP contribution in [0.4, 0.5) is 0 Å². The Bertz CT molecular complexity index is 459. The molecule has 0 radical (unpaired) electrons. The predicted molar refractivity (Wildman–Crippen MR) is 128 cm³/mol. The first-order chi connectivity index (χ1) is 13.9. The van der Waals surface area contributed by atoms with Crippen LogP contribution in [0.25, 0.3) is 0 Å². The van der Waals surface area contributed by atoms with Gasteiger partial charge in [0.1, 0.15) is 8.07 Å². The summed E-state index contributed by atoms with van der Waals surface area (Å²) in [6.45, 7) is 8.64. The van der Waals surface area contributed by atoms with Crippen LogP contribution in [0.5, 0.6) is 0 Å². The summed E-state index contributed by atoms with van der Waals surface area (Å²) in [5, 5.41) is 8.61. The Morgan fingerprint density at radius 3 is 1.55 bits per heavy atom. The molecule has 0 atom stereocenters. The monoisotopic (exact) mass is 442 g/mol. The highest BCUT2D eigenvalue weighted by molar-refractivity contribution is 6.83. The Morgan fingerprint density at radius 1 is 0.621 bits per heavy atom. The molecule has 0 aliphatic carbocycles. The topological polar surface area (TPSA) is 52.4 Å². The van der Waals surface area contributed by atoms with Crippen LogP contribution >= 0.6 is 0 Å². The van der Waals surface area contributed by atoms with Crippen molar-refractivity contribution >= 4 is 16.9 Å². The summed E-state index contributed by atoms with van der Waals surface area (Å²) >= 11 is 0. The van der Waals surface area contributed by atoms with E-state index in [0.29, 0.717) is 0 Å². The normalized spacial score (nSPS) is 12.3. The molecule has 29 heavy (non-hydrogen) atoms. The Morgan fingerprint density at radius 2 is 1.07 bits per heavy atom. The smallest absolute Gasteiger partial charge is 0.377 e. The zero-order chi connectivity index (χ0) is 21.8. The van der Waals surface area contributed by atoms with Crippen molar-refractivity contribution in [3.8, 4) is 11.5 Å². The van der Waals surface area contributed by atoms with E-state index in [-0.39, 0.29) is 0 Å². The summed E-state index contributed by atoms with van der Waals surface area (Å²) in [6.07, 6.45) is 13.1. The molecule has 0 saturated carbocycles. The number of nitrogens with zero attached hydrogens (tertiary/aromatic N) is 2. The molecular weight excluding hydrogens is 396 g/mol. The third-order valence-corrected chi connectivity index (χ3v) is 8.56. The van der Waals surface area contributed by atoms with E-state index < -0.39 is 16.9 Å². The molecule has 0 aromatic carbocycles. The fraction of sp³-hybridized carbons (Fsp3) is 0.909. The Labute approximate surface area is 182 Å². The highest BCUT2D eigenvalue weighted by Crippen LogP contribution is 2.18. The number of hydrogen-bond acceptors (Lipinski definition) is 5. The fourth-order valence-electron chi connectivity index (χ4n) is 3.01. The molecule has 0 aromatic heterocycles. The summed E-state index contributed by atoms with van der Waals surface area (Å²) in [5.74, 6) is 3.34. The van der Waals surface area contributed by atoms with Gasteiger partial charge in [0.2, 0.25) is 0 Å². The molecule has 0 unspecified atom stereocenters. The lowest BCUT2D eigenvalue weighted by atomic mass is 10.1. The van der Waals surface area contributed by atoms with E-state index in [1.165, 1.54) is 44.9 Å². The molecule has 0 amide bonds. The maximum absolute atomic E-state index is 5.44. The van der Waals surface area contributed by atoms with Crippen molar-refractivity contribution in [1.29, 1.82) is 0 Å². The summed E-state index contributed by atoms with van der Waals surface area (Å²) < 4.78 is 16.3. The molecule has 0 aromatic rings. The van der Waals surface area contributed by atoms with Gasteiger partial charge in [0.05, 0.1) is 13.1 Å². The molecule has 0 aliphatic rings. The first kappa shape index (κ1) is 28.5. The molecule has 0 fully saturated rings. The van der Waals surface area contributed by atoms with E-state index in [1.807, 2.05) is 0 Å².